The van der Waals surface area contributed by atoms with Gasteiger partial charge in [0.25, 0.3) is 5.91 Å². The number of benzene rings is 1. The van der Waals surface area contributed by atoms with Crippen LogP contribution in [0.3, 0.4) is 0 Å². The van der Waals surface area contributed by atoms with Crippen molar-refractivity contribution in [1.29, 1.82) is 0 Å². The van der Waals surface area contributed by atoms with Crippen LogP contribution >= 0.6 is 0 Å². The molecule has 1 aliphatic rings. The molecule has 0 fully saturated rings. The van der Waals surface area contributed by atoms with Crippen molar-refractivity contribution >= 4 is 11.6 Å². The average molecular weight is 206 g/mol. The highest BCUT2D eigenvalue weighted by Crippen LogP contribution is 2.24. The molecule has 0 aromatic heterocycles. The third kappa shape index (κ3) is 2.10. The van der Waals surface area contributed by atoms with Gasteiger partial charge in [-0.3, -0.25) is 9.63 Å². The number of hydroxylamine groups is 1. The van der Waals surface area contributed by atoms with E-state index in [1.165, 1.54) is 5.56 Å². The normalized spacial score (nSPS) is 18.1. The van der Waals surface area contributed by atoms with Crippen LogP contribution in [-0.2, 0) is 16.1 Å². The largest absolute Gasteiger partial charge is 0.373 e. The molecule has 2 N–H and O–H groups in total. The van der Waals surface area contributed by atoms with Crippen LogP contribution < -0.4 is 10.8 Å². The van der Waals surface area contributed by atoms with Gasteiger partial charge in [-0.05, 0) is 18.6 Å². The van der Waals surface area contributed by atoms with E-state index < -0.39 is 0 Å². The number of hydrogen-bond acceptors (Lipinski definition) is 3. The van der Waals surface area contributed by atoms with Gasteiger partial charge in [0.2, 0.25) is 0 Å². The Morgan fingerprint density at radius 1 is 1.60 bits per heavy atom. The first-order valence-electron chi connectivity index (χ1n) is 5.07. The Balaban J connectivity index is 1.98. The first kappa shape index (κ1) is 9.98. The lowest BCUT2D eigenvalue weighted by Crippen LogP contribution is -2.38. The SMILES string of the molecule is CCONC(=O)C1Cc2ccccc2N1. The first-order valence-corrected chi connectivity index (χ1v) is 5.07. The van der Waals surface area contributed by atoms with E-state index in [2.05, 4.69) is 10.8 Å². The molecule has 0 spiro atoms. The zero-order valence-corrected chi connectivity index (χ0v) is 8.62. The maximum absolute atomic E-state index is 11.6. The Morgan fingerprint density at radius 2 is 2.40 bits per heavy atom. The smallest absolute Gasteiger partial charge is 0.266 e. The quantitative estimate of drug-likeness (QED) is 0.728. The summed E-state index contributed by atoms with van der Waals surface area (Å²) in [5.74, 6) is -0.118. The highest BCUT2D eigenvalue weighted by Gasteiger charge is 2.26. The van der Waals surface area contributed by atoms with E-state index in [0.29, 0.717) is 6.61 Å². The minimum Gasteiger partial charge on any atom is -0.373 e. The summed E-state index contributed by atoms with van der Waals surface area (Å²) < 4.78 is 0. The van der Waals surface area contributed by atoms with Crippen molar-refractivity contribution in [2.24, 2.45) is 0 Å². The Bertz CT molecular complexity index is 340. The van der Waals surface area contributed by atoms with Crippen molar-refractivity contribution in [1.82, 2.24) is 5.48 Å². The Morgan fingerprint density at radius 3 is 3.13 bits per heavy atom. The van der Waals surface area contributed by atoms with Gasteiger partial charge in [-0.1, -0.05) is 18.2 Å². The Kier molecular flexibility index (Phi) is 2.87. The van der Waals surface area contributed by atoms with Crippen molar-refractivity contribution in [3.63, 3.8) is 0 Å². The number of carbonyl (C=O) groups excluding carboxylic acids is 1. The predicted molar refractivity (Wildman–Crippen MR) is 57.3 cm³/mol. The van der Waals surface area contributed by atoms with Crippen LogP contribution in [0.25, 0.3) is 0 Å². The molecule has 0 radical (unpaired) electrons. The summed E-state index contributed by atoms with van der Waals surface area (Å²) in [5, 5.41) is 3.15. The summed E-state index contributed by atoms with van der Waals surface area (Å²) in [6.45, 7) is 2.31. The van der Waals surface area contributed by atoms with Crippen molar-refractivity contribution in [2.45, 2.75) is 19.4 Å². The molecule has 1 aliphatic heterocycles. The number of nitrogens with one attached hydrogen (secondary N) is 2. The van der Waals surface area contributed by atoms with E-state index in [1.54, 1.807) is 0 Å². The highest BCUT2D eigenvalue weighted by atomic mass is 16.6. The summed E-state index contributed by atoms with van der Waals surface area (Å²) in [4.78, 5) is 16.4. The molecule has 2 rings (SSSR count). The van der Waals surface area contributed by atoms with Gasteiger partial charge in [-0.15, -0.1) is 0 Å². The van der Waals surface area contributed by atoms with Crippen molar-refractivity contribution in [3.8, 4) is 0 Å². The molecule has 1 amide bonds. The Labute approximate surface area is 88.6 Å². The molecule has 4 nitrogen and oxygen atoms in total. The van der Waals surface area contributed by atoms with Crippen molar-refractivity contribution in [3.05, 3.63) is 29.8 Å². The van der Waals surface area contributed by atoms with Crippen LogP contribution in [0.2, 0.25) is 0 Å². The van der Waals surface area contributed by atoms with E-state index >= 15 is 0 Å². The van der Waals surface area contributed by atoms with E-state index in [-0.39, 0.29) is 11.9 Å². The van der Waals surface area contributed by atoms with Gasteiger partial charge in [-0.25, -0.2) is 5.48 Å². The zero-order chi connectivity index (χ0) is 10.7. The molecular formula is C11H14N2O2. The zero-order valence-electron chi connectivity index (χ0n) is 8.62. The summed E-state index contributed by atoms with van der Waals surface area (Å²) in [5.41, 5.74) is 4.62. The van der Waals surface area contributed by atoms with Crippen LogP contribution in [-0.4, -0.2) is 18.6 Å². The van der Waals surface area contributed by atoms with Gasteiger partial charge in [0.05, 0.1) is 6.61 Å². The van der Waals surface area contributed by atoms with Crippen molar-refractivity contribution in [2.75, 3.05) is 11.9 Å². The molecule has 15 heavy (non-hydrogen) atoms. The molecule has 0 saturated heterocycles. The lowest BCUT2D eigenvalue weighted by Gasteiger charge is -2.10. The molecule has 4 heteroatoms. The van der Waals surface area contributed by atoms with Gasteiger partial charge < -0.3 is 5.32 Å². The number of amides is 1. The molecule has 0 bridgehead atoms. The molecule has 1 unspecified atom stereocenters. The van der Waals surface area contributed by atoms with E-state index in [1.807, 2.05) is 31.2 Å². The van der Waals surface area contributed by atoms with Crippen LogP contribution in [0.15, 0.2) is 24.3 Å². The molecule has 1 heterocycles. The van der Waals surface area contributed by atoms with Gasteiger partial charge in [0.1, 0.15) is 6.04 Å². The molecule has 1 aromatic rings. The number of fused-ring (bicyclic) bond motifs is 1. The number of hydrogen-bond donors (Lipinski definition) is 2. The van der Waals surface area contributed by atoms with E-state index in [9.17, 15) is 4.79 Å². The summed E-state index contributed by atoms with van der Waals surface area (Å²) in [7, 11) is 0. The van der Waals surface area contributed by atoms with Crippen LogP contribution in [0, 0.1) is 0 Å². The average Bonchev–Trinajstić information content (AvgIpc) is 2.69. The second-order valence-electron chi connectivity index (χ2n) is 3.46. The molecule has 1 aromatic carbocycles. The van der Waals surface area contributed by atoms with Crippen LogP contribution in [0.1, 0.15) is 12.5 Å². The van der Waals surface area contributed by atoms with E-state index in [4.69, 9.17) is 4.84 Å². The standard InChI is InChI=1S/C11H14N2O2/c1-2-15-13-11(14)10-7-8-5-3-4-6-9(8)12-10/h3-6,10,12H,2,7H2,1H3,(H,13,14). The van der Waals surface area contributed by atoms with Crippen molar-refractivity contribution < 1.29 is 9.63 Å². The van der Waals surface area contributed by atoms with Crippen LogP contribution in [0.5, 0.6) is 0 Å². The second-order valence-corrected chi connectivity index (χ2v) is 3.46. The second kappa shape index (κ2) is 4.31. The van der Waals surface area contributed by atoms with Gasteiger partial charge in [-0.2, -0.15) is 0 Å². The number of para-hydroxylation sites is 1. The minimum atomic E-state index is -0.214. The van der Waals surface area contributed by atoms with E-state index in [0.717, 1.165) is 12.1 Å². The molecular weight excluding hydrogens is 192 g/mol. The third-order valence-electron chi connectivity index (χ3n) is 2.40. The molecule has 0 aliphatic carbocycles. The third-order valence-corrected chi connectivity index (χ3v) is 2.40. The first-order chi connectivity index (χ1) is 7.31. The number of rotatable bonds is 3. The fourth-order valence-electron chi connectivity index (χ4n) is 1.67. The molecule has 80 valence electrons. The molecule has 1 atom stereocenters. The summed E-state index contributed by atoms with van der Waals surface area (Å²) in [6, 6.07) is 7.71. The monoisotopic (exact) mass is 206 g/mol. The summed E-state index contributed by atoms with van der Waals surface area (Å²) >= 11 is 0. The highest BCUT2D eigenvalue weighted by molar-refractivity contribution is 5.86. The fourth-order valence-corrected chi connectivity index (χ4v) is 1.67. The van der Waals surface area contributed by atoms with Gasteiger partial charge >= 0.3 is 0 Å². The van der Waals surface area contributed by atoms with Gasteiger partial charge in [0, 0.05) is 12.1 Å². The number of carbonyl (C=O) groups is 1. The topological polar surface area (TPSA) is 50.4 Å². The maximum Gasteiger partial charge on any atom is 0.266 e. The number of anilines is 1. The lowest BCUT2D eigenvalue weighted by molar-refractivity contribution is -0.133. The lowest BCUT2D eigenvalue weighted by atomic mass is 10.1. The van der Waals surface area contributed by atoms with Crippen LogP contribution in [0.4, 0.5) is 5.69 Å². The summed E-state index contributed by atoms with van der Waals surface area (Å²) in [6.07, 6.45) is 0.717. The van der Waals surface area contributed by atoms with Gasteiger partial charge in [0.15, 0.2) is 0 Å². The fraction of sp³-hybridized carbons (Fsp3) is 0.364. The maximum atomic E-state index is 11.6. The minimum absolute atomic E-state index is 0.118. The Hall–Kier alpha value is -1.55. The predicted octanol–water partition coefficient (Wildman–Crippen LogP) is 1.09. The molecule has 0 saturated carbocycles.